The lowest BCUT2D eigenvalue weighted by Gasteiger charge is -2.12. The molecule has 0 spiro atoms. The Bertz CT molecular complexity index is 852. The van der Waals surface area contributed by atoms with E-state index in [4.69, 9.17) is 0 Å². The van der Waals surface area contributed by atoms with Crippen LogP contribution in [0.3, 0.4) is 0 Å². The molecule has 2 aromatic heterocycles. The van der Waals surface area contributed by atoms with Gasteiger partial charge < -0.3 is 14.5 Å². The summed E-state index contributed by atoms with van der Waals surface area (Å²) in [4.78, 5) is 23.8. The van der Waals surface area contributed by atoms with E-state index >= 15 is 0 Å². The molecule has 2 heterocycles. The van der Waals surface area contributed by atoms with E-state index in [1.165, 1.54) is 11.6 Å². The van der Waals surface area contributed by atoms with Gasteiger partial charge in [0.05, 0.1) is 0 Å². The van der Waals surface area contributed by atoms with Crippen LogP contribution in [0.4, 0.5) is 0 Å². The van der Waals surface area contributed by atoms with Gasteiger partial charge in [-0.3, -0.25) is 9.36 Å². The fourth-order valence-electron chi connectivity index (χ4n) is 2.80. The first-order valence-electron chi connectivity index (χ1n) is 8.77. The Hall–Kier alpha value is -1.87. The Balaban J connectivity index is 1.90. The molecule has 9 heteroatoms. The van der Waals surface area contributed by atoms with Crippen molar-refractivity contribution in [2.24, 2.45) is 20.0 Å². The van der Waals surface area contributed by atoms with Crippen molar-refractivity contribution >= 4 is 11.8 Å². The van der Waals surface area contributed by atoms with Crippen molar-refractivity contribution in [2.45, 2.75) is 44.9 Å². The van der Waals surface area contributed by atoms with E-state index < -0.39 is 0 Å². The maximum absolute atomic E-state index is 12.1. The van der Waals surface area contributed by atoms with E-state index in [0.717, 1.165) is 41.5 Å². The van der Waals surface area contributed by atoms with Gasteiger partial charge in [-0.2, -0.15) is 0 Å². The van der Waals surface area contributed by atoms with Gasteiger partial charge in [0.2, 0.25) is 0 Å². The van der Waals surface area contributed by atoms with Crippen molar-refractivity contribution in [2.75, 3.05) is 12.8 Å². The van der Waals surface area contributed by atoms with Crippen molar-refractivity contribution in [1.82, 2.24) is 29.2 Å². The molecule has 0 bridgehead atoms. The fourth-order valence-corrected chi connectivity index (χ4v) is 3.33. The average molecular weight is 381 g/mol. The van der Waals surface area contributed by atoms with Crippen molar-refractivity contribution < 1.29 is 0 Å². The van der Waals surface area contributed by atoms with Crippen LogP contribution in [0.25, 0.3) is 0 Å². The molecule has 0 aliphatic carbocycles. The number of nitrogens with zero attached hydrogens (tertiary/aromatic N) is 5. The van der Waals surface area contributed by atoms with Gasteiger partial charge in [0.25, 0.3) is 5.56 Å². The summed E-state index contributed by atoms with van der Waals surface area (Å²) in [7, 11) is 3.15. The molecule has 0 saturated heterocycles. The highest BCUT2D eigenvalue weighted by Gasteiger charge is 2.12. The number of aryl methyl sites for hydroxylation is 2. The molecule has 0 aromatic carbocycles. The lowest BCUT2D eigenvalue weighted by atomic mass is 10.2. The summed E-state index contributed by atoms with van der Waals surface area (Å²) in [6.07, 6.45) is 5.34. The first-order valence-corrected chi connectivity index (χ1v) is 10.00. The van der Waals surface area contributed by atoms with Crippen LogP contribution in [0, 0.1) is 5.92 Å². The maximum atomic E-state index is 12.1. The topological polar surface area (TPSA) is 86.7 Å². The molecule has 0 radical (unpaired) electrons. The van der Waals surface area contributed by atoms with Crippen LogP contribution in [0.5, 0.6) is 0 Å². The number of hydrogen-bond acceptors (Lipinski definition) is 6. The third-order valence-electron chi connectivity index (χ3n) is 4.11. The zero-order chi connectivity index (χ0) is 19.3. The van der Waals surface area contributed by atoms with Crippen LogP contribution in [-0.2, 0) is 33.6 Å². The first-order chi connectivity index (χ1) is 12.3. The van der Waals surface area contributed by atoms with Crippen molar-refractivity contribution in [3.8, 4) is 0 Å². The van der Waals surface area contributed by atoms with E-state index in [1.54, 1.807) is 25.0 Å². The van der Waals surface area contributed by atoms with Crippen LogP contribution in [0.15, 0.2) is 20.9 Å². The molecule has 8 nitrogen and oxygen atoms in total. The summed E-state index contributed by atoms with van der Waals surface area (Å²) in [5.74, 6) is 1.54. The zero-order valence-corrected chi connectivity index (χ0v) is 17.0. The molecule has 0 fully saturated rings. The lowest BCUT2D eigenvalue weighted by molar-refractivity contribution is 0.475. The molecule has 0 amide bonds. The number of hydrogen-bond donors (Lipinski definition) is 1. The molecule has 0 saturated carbocycles. The van der Waals surface area contributed by atoms with Crippen LogP contribution in [0.2, 0.25) is 0 Å². The number of aromatic nitrogens is 5. The van der Waals surface area contributed by atoms with Gasteiger partial charge in [-0.1, -0.05) is 25.6 Å². The van der Waals surface area contributed by atoms with Gasteiger partial charge in [-0.25, -0.2) is 4.79 Å². The molecule has 0 unspecified atom stereocenters. The molecule has 0 aliphatic heterocycles. The fraction of sp³-hybridized carbons (Fsp3) is 0.647. The maximum Gasteiger partial charge on any atom is 0.330 e. The zero-order valence-electron chi connectivity index (χ0n) is 16.2. The average Bonchev–Trinajstić information content (AvgIpc) is 2.98. The van der Waals surface area contributed by atoms with Gasteiger partial charge >= 0.3 is 5.69 Å². The predicted octanol–water partition coefficient (Wildman–Crippen LogP) is 0.776. The van der Waals surface area contributed by atoms with E-state index in [0.29, 0.717) is 18.0 Å². The minimum atomic E-state index is -0.312. The predicted molar refractivity (Wildman–Crippen MR) is 104 cm³/mol. The van der Waals surface area contributed by atoms with Crippen LogP contribution < -0.4 is 16.6 Å². The second-order valence-corrected chi connectivity index (χ2v) is 7.57. The molecular weight excluding hydrogens is 352 g/mol. The standard InChI is InChI=1S/C17H28N6O2S/c1-12(2)10-23-14(19-20-16(23)26-5)7-6-8-18-9-13-11-21(3)17(25)22(4)15(13)24/h11-12,18H,6-10H2,1-5H3. The number of thioether (sulfide) groups is 1. The molecule has 2 aromatic rings. The minimum Gasteiger partial charge on any atom is -0.312 e. The summed E-state index contributed by atoms with van der Waals surface area (Å²) in [5, 5.41) is 12.8. The number of rotatable bonds is 9. The van der Waals surface area contributed by atoms with E-state index in [2.05, 4.69) is 33.9 Å². The van der Waals surface area contributed by atoms with Crippen LogP contribution >= 0.6 is 11.8 Å². The highest BCUT2D eigenvalue weighted by atomic mass is 32.2. The third-order valence-corrected chi connectivity index (χ3v) is 4.78. The molecule has 0 aliphatic rings. The summed E-state index contributed by atoms with van der Waals surface area (Å²) in [6, 6.07) is 0. The summed E-state index contributed by atoms with van der Waals surface area (Å²) in [5.41, 5.74) is 0.0250. The third kappa shape index (κ3) is 4.85. The molecule has 0 atom stereocenters. The monoisotopic (exact) mass is 380 g/mol. The smallest absolute Gasteiger partial charge is 0.312 e. The molecular formula is C17H28N6O2S. The molecule has 144 valence electrons. The van der Waals surface area contributed by atoms with Crippen LogP contribution in [-0.4, -0.2) is 36.7 Å². The number of nitrogens with one attached hydrogen (secondary N) is 1. The largest absolute Gasteiger partial charge is 0.330 e. The van der Waals surface area contributed by atoms with Gasteiger partial charge in [-0.15, -0.1) is 10.2 Å². The Morgan fingerprint density at radius 2 is 1.96 bits per heavy atom. The van der Waals surface area contributed by atoms with Crippen LogP contribution in [0.1, 0.15) is 31.7 Å². The Kier molecular flexibility index (Phi) is 7.22. The summed E-state index contributed by atoms with van der Waals surface area (Å²) in [6.45, 7) is 6.48. The van der Waals surface area contributed by atoms with Gasteiger partial charge in [0.1, 0.15) is 5.82 Å². The second kappa shape index (κ2) is 9.18. The first kappa shape index (κ1) is 20.4. The quantitative estimate of drug-likeness (QED) is 0.511. The van der Waals surface area contributed by atoms with E-state index in [9.17, 15) is 9.59 Å². The molecule has 2 rings (SSSR count). The minimum absolute atomic E-state index is 0.248. The SMILES string of the molecule is CSc1nnc(CCCNCc2cn(C)c(=O)n(C)c2=O)n1CC(C)C. The second-order valence-electron chi connectivity index (χ2n) is 6.80. The van der Waals surface area contributed by atoms with E-state index in [1.807, 2.05) is 6.26 Å². The highest BCUT2D eigenvalue weighted by Crippen LogP contribution is 2.16. The van der Waals surface area contributed by atoms with Crippen molar-refractivity contribution in [3.63, 3.8) is 0 Å². The highest BCUT2D eigenvalue weighted by molar-refractivity contribution is 7.98. The Morgan fingerprint density at radius 1 is 1.23 bits per heavy atom. The summed E-state index contributed by atoms with van der Waals surface area (Å²) < 4.78 is 4.75. The normalized spacial score (nSPS) is 11.5. The van der Waals surface area contributed by atoms with Gasteiger partial charge in [-0.05, 0) is 25.1 Å². The van der Waals surface area contributed by atoms with Crippen molar-refractivity contribution in [1.29, 1.82) is 0 Å². The van der Waals surface area contributed by atoms with E-state index in [-0.39, 0.29) is 11.2 Å². The molecule has 26 heavy (non-hydrogen) atoms. The van der Waals surface area contributed by atoms with Gasteiger partial charge in [0.15, 0.2) is 5.16 Å². The summed E-state index contributed by atoms with van der Waals surface area (Å²) >= 11 is 1.61. The van der Waals surface area contributed by atoms with Crippen molar-refractivity contribution in [3.05, 3.63) is 38.4 Å². The Labute approximate surface area is 157 Å². The van der Waals surface area contributed by atoms with Gasteiger partial charge in [0, 0.05) is 45.4 Å². The Morgan fingerprint density at radius 3 is 2.62 bits per heavy atom. The lowest BCUT2D eigenvalue weighted by Crippen LogP contribution is -2.39. The molecule has 1 N–H and O–H groups in total.